The Hall–Kier alpha value is -1.74. The molecule has 0 bridgehead atoms. The lowest BCUT2D eigenvalue weighted by Gasteiger charge is -2.14. The van der Waals surface area contributed by atoms with E-state index in [2.05, 4.69) is 5.32 Å². The van der Waals surface area contributed by atoms with Crippen LogP contribution in [0.25, 0.3) is 0 Å². The first-order valence-electron chi connectivity index (χ1n) is 6.52. The molecular formula is C16H17ClFNO. The van der Waals surface area contributed by atoms with Crippen LogP contribution in [-0.4, -0.2) is 6.61 Å². The Kier molecular flexibility index (Phi) is 4.85. The number of nitrogens with one attached hydrogen (secondary N) is 1. The van der Waals surface area contributed by atoms with E-state index in [9.17, 15) is 4.39 Å². The zero-order valence-corrected chi connectivity index (χ0v) is 12.3. The molecule has 106 valence electrons. The summed E-state index contributed by atoms with van der Waals surface area (Å²) >= 11 is 6.01. The number of hydrogen-bond donors (Lipinski definition) is 1. The molecule has 0 heterocycles. The maximum absolute atomic E-state index is 13.7. The molecule has 0 aliphatic carbocycles. The van der Waals surface area contributed by atoms with Crippen LogP contribution < -0.4 is 10.1 Å². The van der Waals surface area contributed by atoms with E-state index in [0.29, 0.717) is 23.7 Å². The number of hydrogen-bond acceptors (Lipinski definition) is 2. The van der Waals surface area contributed by atoms with Gasteiger partial charge in [-0.1, -0.05) is 23.7 Å². The zero-order valence-electron chi connectivity index (χ0n) is 11.5. The highest BCUT2D eigenvalue weighted by Gasteiger charge is 2.08. The van der Waals surface area contributed by atoms with Gasteiger partial charge in [0.05, 0.1) is 12.3 Å². The predicted molar refractivity (Wildman–Crippen MR) is 81.1 cm³/mol. The van der Waals surface area contributed by atoms with Crippen LogP contribution in [0.4, 0.5) is 10.1 Å². The van der Waals surface area contributed by atoms with Crippen molar-refractivity contribution in [1.82, 2.24) is 0 Å². The minimum atomic E-state index is -0.310. The molecule has 0 aromatic heterocycles. The summed E-state index contributed by atoms with van der Waals surface area (Å²) < 4.78 is 19.3. The molecule has 0 unspecified atom stereocenters. The van der Waals surface area contributed by atoms with Crippen molar-refractivity contribution in [1.29, 1.82) is 0 Å². The summed E-state index contributed by atoms with van der Waals surface area (Å²) in [5.41, 5.74) is 2.40. The molecule has 4 heteroatoms. The molecule has 0 aliphatic rings. The standard InChI is InChI=1S/C16H17ClFNO/c1-3-20-16-9-11(2)7-8-15(16)19-10-12-13(17)5-4-6-14(12)18/h4-9,19H,3,10H2,1-2H3. The minimum Gasteiger partial charge on any atom is -0.492 e. The highest BCUT2D eigenvalue weighted by atomic mass is 35.5. The number of benzene rings is 2. The second-order valence-electron chi connectivity index (χ2n) is 4.49. The van der Waals surface area contributed by atoms with Crippen molar-refractivity contribution in [2.75, 3.05) is 11.9 Å². The fourth-order valence-electron chi connectivity index (χ4n) is 1.94. The smallest absolute Gasteiger partial charge is 0.142 e. The maximum Gasteiger partial charge on any atom is 0.142 e. The summed E-state index contributed by atoms with van der Waals surface area (Å²) in [5, 5.41) is 3.59. The number of ether oxygens (including phenoxy) is 1. The van der Waals surface area contributed by atoms with Crippen molar-refractivity contribution in [2.24, 2.45) is 0 Å². The average Bonchev–Trinajstić information content (AvgIpc) is 2.40. The molecule has 0 amide bonds. The number of anilines is 1. The van der Waals surface area contributed by atoms with Crippen molar-refractivity contribution >= 4 is 17.3 Å². The SMILES string of the molecule is CCOc1cc(C)ccc1NCc1c(F)cccc1Cl. The zero-order chi connectivity index (χ0) is 14.5. The van der Waals surface area contributed by atoms with Crippen LogP contribution in [0.1, 0.15) is 18.1 Å². The van der Waals surface area contributed by atoms with Crippen LogP contribution in [0.5, 0.6) is 5.75 Å². The van der Waals surface area contributed by atoms with Gasteiger partial charge in [0.2, 0.25) is 0 Å². The summed E-state index contributed by atoms with van der Waals surface area (Å²) in [4.78, 5) is 0. The van der Waals surface area contributed by atoms with E-state index >= 15 is 0 Å². The van der Waals surface area contributed by atoms with Gasteiger partial charge in [-0.15, -0.1) is 0 Å². The van der Waals surface area contributed by atoms with Crippen molar-refractivity contribution in [3.8, 4) is 5.75 Å². The van der Waals surface area contributed by atoms with Gasteiger partial charge in [-0.3, -0.25) is 0 Å². The quantitative estimate of drug-likeness (QED) is 0.855. The fraction of sp³-hybridized carbons (Fsp3) is 0.250. The summed E-state index contributed by atoms with van der Waals surface area (Å²) in [6.45, 7) is 4.83. The second-order valence-corrected chi connectivity index (χ2v) is 4.89. The highest BCUT2D eigenvalue weighted by Crippen LogP contribution is 2.27. The average molecular weight is 294 g/mol. The molecule has 2 nitrogen and oxygen atoms in total. The van der Waals surface area contributed by atoms with Gasteiger partial charge in [0.25, 0.3) is 0 Å². The lowest BCUT2D eigenvalue weighted by atomic mass is 10.1. The van der Waals surface area contributed by atoms with E-state index in [0.717, 1.165) is 17.0 Å². The van der Waals surface area contributed by atoms with Crippen LogP contribution in [0, 0.1) is 12.7 Å². The van der Waals surface area contributed by atoms with Gasteiger partial charge < -0.3 is 10.1 Å². The van der Waals surface area contributed by atoms with Crippen LogP contribution in [0.3, 0.4) is 0 Å². The Morgan fingerprint density at radius 1 is 1.25 bits per heavy atom. The van der Waals surface area contributed by atoms with Crippen LogP contribution >= 0.6 is 11.6 Å². The van der Waals surface area contributed by atoms with Crippen molar-refractivity contribution < 1.29 is 9.13 Å². The van der Waals surface area contributed by atoms with E-state index in [4.69, 9.17) is 16.3 Å². The second kappa shape index (κ2) is 6.62. The topological polar surface area (TPSA) is 21.3 Å². The maximum atomic E-state index is 13.7. The Balaban J connectivity index is 2.18. The largest absolute Gasteiger partial charge is 0.492 e. The van der Waals surface area contributed by atoms with Crippen molar-refractivity contribution in [3.63, 3.8) is 0 Å². The Morgan fingerprint density at radius 2 is 2.05 bits per heavy atom. The fourth-order valence-corrected chi connectivity index (χ4v) is 2.17. The van der Waals surface area contributed by atoms with E-state index in [1.54, 1.807) is 12.1 Å². The Morgan fingerprint density at radius 3 is 2.75 bits per heavy atom. The number of rotatable bonds is 5. The third-order valence-corrected chi connectivity index (χ3v) is 3.31. The summed E-state index contributed by atoms with van der Waals surface area (Å²) in [5.74, 6) is 0.454. The van der Waals surface area contributed by atoms with Gasteiger partial charge in [0.15, 0.2) is 0 Å². The van der Waals surface area contributed by atoms with Crippen LogP contribution in [0.2, 0.25) is 5.02 Å². The van der Waals surface area contributed by atoms with Crippen LogP contribution in [-0.2, 0) is 6.54 Å². The molecule has 1 N–H and O–H groups in total. The monoisotopic (exact) mass is 293 g/mol. The molecule has 20 heavy (non-hydrogen) atoms. The molecule has 0 spiro atoms. The lowest BCUT2D eigenvalue weighted by molar-refractivity contribution is 0.341. The first-order chi connectivity index (χ1) is 9.61. The molecule has 2 aromatic rings. The lowest BCUT2D eigenvalue weighted by Crippen LogP contribution is -2.05. The molecule has 0 saturated carbocycles. The Labute approximate surface area is 123 Å². The van der Waals surface area contributed by atoms with E-state index < -0.39 is 0 Å². The molecule has 0 saturated heterocycles. The van der Waals surface area contributed by atoms with Gasteiger partial charge in [-0.05, 0) is 43.7 Å². The third-order valence-electron chi connectivity index (χ3n) is 2.95. The molecule has 2 rings (SSSR count). The van der Waals surface area contributed by atoms with E-state index in [-0.39, 0.29) is 5.82 Å². The van der Waals surface area contributed by atoms with Gasteiger partial charge in [-0.25, -0.2) is 4.39 Å². The summed E-state index contributed by atoms with van der Waals surface area (Å²) in [6.07, 6.45) is 0. The van der Waals surface area contributed by atoms with Crippen LogP contribution in [0.15, 0.2) is 36.4 Å². The molecule has 0 radical (unpaired) electrons. The summed E-state index contributed by atoms with van der Waals surface area (Å²) in [6, 6.07) is 10.5. The highest BCUT2D eigenvalue weighted by molar-refractivity contribution is 6.31. The van der Waals surface area contributed by atoms with Crippen molar-refractivity contribution in [3.05, 3.63) is 58.4 Å². The molecular weight excluding hydrogens is 277 g/mol. The normalized spacial score (nSPS) is 10.4. The third kappa shape index (κ3) is 3.42. The van der Waals surface area contributed by atoms with E-state index in [1.165, 1.54) is 6.07 Å². The van der Waals surface area contributed by atoms with Gasteiger partial charge in [-0.2, -0.15) is 0 Å². The first-order valence-corrected chi connectivity index (χ1v) is 6.89. The number of halogens is 2. The molecule has 0 aliphatic heterocycles. The minimum absolute atomic E-state index is 0.310. The van der Waals surface area contributed by atoms with Crippen molar-refractivity contribution in [2.45, 2.75) is 20.4 Å². The molecule has 0 atom stereocenters. The summed E-state index contributed by atoms with van der Waals surface area (Å²) in [7, 11) is 0. The molecule has 0 fully saturated rings. The predicted octanol–water partition coefficient (Wildman–Crippen LogP) is 4.80. The molecule has 2 aromatic carbocycles. The van der Waals surface area contributed by atoms with Gasteiger partial charge in [0, 0.05) is 17.1 Å². The van der Waals surface area contributed by atoms with Gasteiger partial charge >= 0.3 is 0 Å². The van der Waals surface area contributed by atoms with E-state index in [1.807, 2.05) is 32.0 Å². The van der Waals surface area contributed by atoms with Gasteiger partial charge in [0.1, 0.15) is 11.6 Å². The first kappa shape index (κ1) is 14.7. The Bertz CT molecular complexity index is 581. The number of aryl methyl sites for hydroxylation is 1.